The topological polar surface area (TPSA) is 60.5 Å². The molecule has 1 amide bonds. The summed E-state index contributed by atoms with van der Waals surface area (Å²) in [5.74, 6) is 1.38. The summed E-state index contributed by atoms with van der Waals surface area (Å²) >= 11 is 1.44. The van der Waals surface area contributed by atoms with Crippen LogP contribution in [-0.4, -0.2) is 30.9 Å². The Morgan fingerprint density at radius 1 is 1.00 bits per heavy atom. The van der Waals surface area contributed by atoms with Gasteiger partial charge in [0.05, 0.1) is 31.2 Å². The molecule has 2 aromatic carbocycles. The minimum absolute atomic E-state index is 0.115. The molecule has 28 heavy (non-hydrogen) atoms. The third-order valence-corrected chi connectivity index (χ3v) is 5.66. The maximum Gasteiger partial charge on any atom is 0.234 e. The molecule has 1 aromatic heterocycles. The summed E-state index contributed by atoms with van der Waals surface area (Å²) in [6.07, 6.45) is 0. The second-order valence-electron chi connectivity index (χ2n) is 6.61. The number of nitrogens with one attached hydrogen (secondary N) is 1. The van der Waals surface area contributed by atoms with Gasteiger partial charge in [0.2, 0.25) is 5.91 Å². The van der Waals surface area contributed by atoms with E-state index in [0.29, 0.717) is 17.2 Å². The summed E-state index contributed by atoms with van der Waals surface area (Å²) in [7, 11) is 3.15. The van der Waals surface area contributed by atoms with Gasteiger partial charge in [-0.15, -0.1) is 0 Å². The van der Waals surface area contributed by atoms with Gasteiger partial charge in [-0.05, 0) is 55.7 Å². The van der Waals surface area contributed by atoms with E-state index in [1.54, 1.807) is 32.4 Å². The highest BCUT2D eigenvalue weighted by molar-refractivity contribution is 8.00. The third-order valence-electron chi connectivity index (χ3n) is 4.57. The number of hydrogen-bond acceptors (Lipinski definition) is 5. The molecule has 3 aromatic rings. The van der Waals surface area contributed by atoms with Crippen molar-refractivity contribution in [2.24, 2.45) is 0 Å². The second-order valence-corrected chi connectivity index (χ2v) is 7.57. The first kappa shape index (κ1) is 20.0. The highest BCUT2D eigenvalue weighted by atomic mass is 32.2. The molecular weight excluding hydrogens is 372 g/mol. The first-order valence-corrected chi connectivity index (χ1v) is 9.93. The molecule has 0 aliphatic heterocycles. The monoisotopic (exact) mass is 396 g/mol. The van der Waals surface area contributed by atoms with Gasteiger partial charge in [0, 0.05) is 11.5 Å². The van der Waals surface area contributed by atoms with Crippen molar-refractivity contribution in [3.8, 4) is 11.5 Å². The molecule has 0 atom stereocenters. The number of thioether (sulfide) groups is 1. The smallest absolute Gasteiger partial charge is 0.234 e. The Morgan fingerprint density at radius 2 is 1.75 bits per heavy atom. The fourth-order valence-electron chi connectivity index (χ4n) is 2.98. The zero-order valence-corrected chi connectivity index (χ0v) is 17.6. The molecule has 146 valence electrons. The lowest BCUT2D eigenvalue weighted by atomic mass is 10.0. The quantitative estimate of drug-likeness (QED) is 0.600. The zero-order valence-electron chi connectivity index (χ0n) is 16.8. The van der Waals surface area contributed by atoms with Gasteiger partial charge >= 0.3 is 0 Å². The van der Waals surface area contributed by atoms with Gasteiger partial charge in [0.1, 0.15) is 16.5 Å². The van der Waals surface area contributed by atoms with Crippen molar-refractivity contribution >= 4 is 34.3 Å². The van der Waals surface area contributed by atoms with Crippen molar-refractivity contribution in [1.82, 2.24) is 4.98 Å². The van der Waals surface area contributed by atoms with Crippen molar-refractivity contribution in [1.29, 1.82) is 0 Å². The van der Waals surface area contributed by atoms with Gasteiger partial charge < -0.3 is 14.8 Å². The molecule has 0 saturated heterocycles. The van der Waals surface area contributed by atoms with E-state index >= 15 is 0 Å². The standard InChI is InChI=1S/C22H24N2O3S/c1-13-6-7-14(2)21-17(13)10-15(3)22(24-21)28-12-20(25)23-18-9-8-16(26-4)11-19(18)27-5/h6-11H,12H2,1-5H3,(H,23,25). The molecule has 0 aliphatic carbocycles. The summed E-state index contributed by atoms with van der Waals surface area (Å²) in [6.45, 7) is 6.17. The molecular formula is C22H24N2O3S. The van der Waals surface area contributed by atoms with Crippen molar-refractivity contribution in [3.05, 3.63) is 53.1 Å². The van der Waals surface area contributed by atoms with Crippen molar-refractivity contribution in [2.45, 2.75) is 25.8 Å². The molecule has 0 aliphatic rings. The molecule has 0 saturated carbocycles. The van der Waals surface area contributed by atoms with Gasteiger partial charge in [-0.2, -0.15) is 0 Å². The number of aryl methyl sites for hydroxylation is 3. The molecule has 1 heterocycles. The second kappa shape index (κ2) is 8.52. The number of ether oxygens (including phenoxy) is 2. The van der Waals surface area contributed by atoms with Gasteiger partial charge in [-0.3, -0.25) is 4.79 Å². The number of anilines is 1. The first-order valence-electron chi connectivity index (χ1n) is 8.95. The Bertz CT molecular complexity index is 1030. The largest absolute Gasteiger partial charge is 0.497 e. The maximum atomic E-state index is 12.5. The summed E-state index contributed by atoms with van der Waals surface area (Å²) < 4.78 is 10.5. The Morgan fingerprint density at radius 3 is 2.46 bits per heavy atom. The number of nitrogens with zero attached hydrogens (tertiary/aromatic N) is 1. The van der Waals surface area contributed by atoms with E-state index in [4.69, 9.17) is 14.5 Å². The van der Waals surface area contributed by atoms with Crippen LogP contribution in [0.1, 0.15) is 16.7 Å². The number of fused-ring (bicyclic) bond motifs is 1. The molecule has 3 rings (SSSR count). The molecule has 5 nitrogen and oxygen atoms in total. The first-order chi connectivity index (χ1) is 13.4. The summed E-state index contributed by atoms with van der Waals surface area (Å²) in [5, 5.41) is 4.93. The lowest BCUT2D eigenvalue weighted by Gasteiger charge is -2.12. The molecule has 0 fully saturated rings. The minimum atomic E-state index is -0.115. The molecule has 0 unspecified atom stereocenters. The van der Waals surface area contributed by atoms with Crippen LogP contribution in [0.5, 0.6) is 11.5 Å². The van der Waals surface area contributed by atoms with Crippen molar-refractivity contribution < 1.29 is 14.3 Å². The predicted molar refractivity (Wildman–Crippen MR) is 115 cm³/mol. The average Bonchev–Trinajstić information content (AvgIpc) is 2.70. The Hall–Kier alpha value is -2.73. The number of hydrogen-bond donors (Lipinski definition) is 1. The van der Waals surface area contributed by atoms with Crippen LogP contribution in [0.25, 0.3) is 10.9 Å². The van der Waals surface area contributed by atoms with Crippen molar-refractivity contribution in [2.75, 3.05) is 25.3 Å². The molecule has 0 spiro atoms. The number of benzene rings is 2. The highest BCUT2D eigenvalue weighted by Crippen LogP contribution is 2.30. The van der Waals surface area contributed by atoms with E-state index in [1.807, 2.05) is 6.92 Å². The number of carbonyl (C=O) groups excluding carboxylic acids is 1. The molecule has 1 N–H and O–H groups in total. The van der Waals surface area contributed by atoms with Gasteiger partial charge in [-0.1, -0.05) is 23.9 Å². The SMILES string of the molecule is COc1ccc(NC(=O)CSc2nc3c(C)ccc(C)c3cc2C)c(OC)c1. The lowest BCUT2D eigenvalue weighted by molar-refractivity contribution is -0.113. The Labute approximate surface area is 169 Å². The van der Waals surface area contributed by atoms with Crippen LogP contribution >= 0.6 is 11.8 Å². The van der Waals surface area contributed by atoms with E-state index in [2.05, 4.69) is 37.4 Å². The van der Waals surface area contributed by atoms with Crippen LogP contribution in [0.3, 0.4) is 0 Å². The third kappa shape index (κ3) is 4.22. The predicted octanol–water partition coefficient (Wildman–Crippen LogP) is 4.91. The van der Waals surface area contributed by atoms with Crippen LogP contribution in [0.15, 0.2) is 41.4 Å². The van der Waals surface area contributed by atoms with Gasteiger partial charge in [-0.25, -0.2) is 4.98 Å². The highest BCUT2D eigenvalue weighted by Gasteiger charge is 2.12. The fraction of sp³-hybridized carbons (Fsp3) is 0.273. The van der Waals surface area contributed by atoms with Crippen LogP contribution in [-0.2, 0) is 4.79 Å². The van der Waals surface area contributed by atoms with Crippen LogP contribution in [0.4, 0.5) is 5.69 Å². The Balaban J connectivity index is 1.75. The van der Waals surface area contributed by atoms with Crippen LogP contribution < -0.4 is 14.8 Å². The van der Waals surface area contributed by atoms with Gasteiger partial charge in [0.15, 0.2) is 0 Å². The zero-order chi connectivity index (χ0) is 20.3. The number of methoxy groups -OCH3 is 2. The normalized spacial score (nSPS) is 10.8. The Kier molecular flexibility index (Phi) is 6.09. The number of rotatable bonds is 6. The number of pyridine rings is 1. The van der Waals surface area contributed by atoms with Crippen LogP contribution in [0, 0.1) is 20.8 Å². The van der Waals surface area contributed by atoms with E-state index in [0.717, 1.165) is 27.1 Å². The molecule has 0 bridgehead atoms. The number of carbonyl (C=O) groups is 1. The minimum Gasteiger partial charge on any atom is -0.497 e. The average molecular weight is 397 g/mol. The van der Waals surface area contributed by atoms with Gasteiger partial charge in [0.25, 0.3) is 0 Å². The molecule has 0 radical (unpaired) electrons. The van der Waals surface area contributed by atoms with Crippen LogP contribution in [0.2, 0.25) is 0 Å². The summed E-state index contributed by atoms with van der Waals surface area (Å²) in [4.78, 5) is 17.3. The summed E-state index contributed by atoms with van der Waals surface area (Å²) in [5.41, 5.74) is 5.02. The van der Waals surface area contributed by atoms with E-state index in [9.17, 15) is 4.79 Å². The molecule has 6 heteroatoms. The van der Waals surface area contributed by atoms with E-state index < -0.39 is 0 Å². The van der Waals surface area contributed by atoms with E-state index in [-0.39, 0.29) is 11.7 Å². The fourth-order valence-corrected chi connectivity index (χ4v) is 3.77. The number of amides is 1. The lowest BCUT2D eigenvalue weighted by Crippen LogP contribution is -2.15. The number of aromatic nitrogens is 1. The maximum absolute atomic E-state index is 12.5. The summed E-state index contributed by atoms with van der Waals surface area (Å²) in [6, 6.07) is 11.6. The van der Waals surface area contributed by atoms with E-state index in [1.165, 1.54) is 17.3 Å². The van der Waals surface area contributed by atoms with Crippen molar-refractivity contribution in [3.63, 3.8) is 0 Å².